The molecule has 0 spiro atoms. The Labute approximate surface area is 134 Å². The molecule has 0 aliphatic rings. The Balaban J connectivity index is 2.39. The van der Waals surface area contributed by atoms with Crippen LogP contribution in [0.25, 0.3) is 0 Å². The van der Waals surface area contributed by atoms with Gasteiger partial charge in [-0.1, -0.05) is 50.9 Å². The Morgan fingerprint density at radius 2 is 1.84 bits per heavy atom. The zero-order valence-electron chi connectivity index (χ0n) is 9.91. The molecule has 0 heterocycles. The van der Waals surface area contributed by atoms with E-state index < -0.39 is 0 Å². The third kappa shape index (κ3) is 3.76. The topological polar surface area (TPSA) is 17.1 Å². The molecule has 2 aromatic rings. The molecule has 0 radical (unpaired) electrons. The van der Waals surface area contributed by atoms with Gasteiger partial charge in [-0.3, -0.25) is 4.79 Å². The lowest BCUT2D eigenvalue weighted by Gasteiger charge is -2.08. The summed E-state index contributed by atoms with van der Waals surface area (Å²) in [7, 11) is 0. The van der Waals surface area contributed by atoms with Crippen LogP contribution in [-0.4, -0.2) is 5.78 Å². The zero-order valence-corrected chi connectivity index (χ0v) is 13.8. The van der Waals surface area contributed by atoms with Crippen LogP contribution in [0.5, 0.6) is 0 Å². The fraction of sp³-hybridized carbons (Fsp3) is 0.0714. The third-order valence-corrected chi connectivity index (χ3v) is 4.72. The molecule has 0 aliphatic heterocycles. The molecule has 2 aromatic carbocycles. The Hall–Kier alpha value is -0.480. The molecule has 0 saturated carbocycles. The van der Waals surface area contributed by atoms with E-state index in [2.05, 4.69) is 15.9 Å². The molecule has 1 nitrogen and oxygen atoms in total. The van der Waals surface area contributed by atoms with Gasteiger partial charge < -0.3 is 0 Å². The van der Waals surface area contributed by atoms with Crippen molar-refractivity contribution in [1.29, 1.82) is 0 Å². The predicted molar refractivity (Wildman–Crippen MR) is 84.7 cm³/mol. The maximum Gasteiger partial charge on any atom is 0.160 e. The van der Waals surface area contributed by atoms with Crippen LogP contribution in [0, 0.1) is 0 Å². The van der Waals surface area contributed by atoms with E-state index in [4.69, 9.17) is 23.2 Å². The highest BCUT2D eigenvalue weighted by molar-refractivity contribution is 9.10. The molecule has 0 N–H and O–H groups in total. The van der Waals surface area contributed by atoms with Crippen LogP contribution in [0.1, 0.15) is 17.3 Å². The average molecular weight is 376 g/mol. The minimum Gasteiger partial charge on any atom is -0.294 e. The van der Waals surface area contributed by atoms with E-state index in [1.165, 1.54) is 11.8 Å². The van der Waals surface area contributed by atoms with Crippen molar-refractivity contribution >= 4 is 56.7 Å². The standard InChI is InChI=1S/C14H9BrCl2OS/c1-8(18)11-4-2-9(15)6-14(11)19-10-3-5-12(16)13(17)7-10/h2-7H,1H3. The maximum absolute atomic E-state index is 11.6. The van der Waals surface area contributed by atoms with Crippen molar-refractivity contribution < 1.29 is 4.79 Å². The summed E-state index contributed by atoms with van der Waals surface area (Å²) in [4.78, 5) is 13.4. The molecule has 0 fully saturated rings. The summed E-state index contributed by atoms with van der Waals surface area (Å²) < 4.78 is 0.931. The van der Waals surface area contributed by atoms with Gasteiger partial charge in [0.2, 0.25) is 0 Å². The van der Waals surface area contributed by atoms with Crippen LogP contribution in [0.3, 0.4) is 0 Å². The van der Waals surface area contributed by atoms with Crippen LogP contribution >= 0.6 is 50.9 Å². The minimum absolute atomic E-state index is 0.0371. The second-order valence-electron chi connectivity index (χ2n) is 3.87. The molecule has 0 aromatic heterocycles. The van der Waals surface area contributed by atoms with Crippen molar-refractivity contribution in [1.82, 2.24) is 0 Å². The maximum atomic E-state index is 11.6. The van der Waals surface area contributed by atoms with Gasteiger partial charge in [0.05, 0.1) is 10.0 Å². The van der Waals surface area contributed by atoms with E-state index in [0.717, 1.165) is 14.3 Å². The summed E-state index contributed by atoms with van der Waals surface area (Å²) in [6, 6.07) is 11.0. The molecule has 0 amide bonds. The number of carbonyl (C=O) groups is 1. The molecular weight excluding hydrogens is 367 g/mol. The van der Waals surface area contributed by atoms with Crippen molar-refractivity contribution in [2.75, 3.05) is 0 Å². The quantitative estimate of drug-likeness (QED) is 0.602. The van der Waals surface area contributed by atoms with Crippen LogP contribution in [0.2, 0.25) is 10.0 Å². The van der Waals surface area contributed by atoms with Crippen molar-refractivity contribution in [3.63, 3.8) is 0 Å². The zero-order chi connectivity index (χ0) is 14.0. The fourth-order valence-electron chi connectivity index (χ4n) is 1.54. The minimum atomic E-state index is 0.0371. The second kappa shape index (κ2) is 6.31. The second-order valence-corrected chi connectivity index (χ2v) is 6.72. The number of rotatable bonds is 3. The smallest absolute Gasteiger partial charge is 0.160 e. The molecular formula is C14H9BrCl2OS. The van der Waals surface area contributed by atoms with E-state index in [1.807, 2.05) is 24.3 Å². The lowest BCUT2D eigenvalue weighted by Crippen LogP contribution is -1.94. The van der Waals surface area contributed by atoms with Gasteiger partial charge in [-0.2, -0.15) is 0 Å². The highest BCUT2D eigenvalue weighted by Crippen LogP contribution is 2.35. The molecule has 19 heavy (non-hydrogen) atoms. The Morgan fingerprint density at radius 3 is 2.47 bits per heavy atom. The van der Waals surface area contributed by atoms with Gasteiger partial charge in [-0.15, -0.1) is 0 Å². The SMILES string of the molecule is CC(=O)c1ccc(Br)cc1Sc1ccc(Cl)c(Cl)c1. The first-order valence-corrected chi connectivity index (χ1v) is 7.77. The van der Waals surface area contributed by atoms with E-state index in [-0.39, 0.29) is 5.78 Å². The molecule has 5 heteroatoms. The summed E-state index contributed by atoms with van der Waals surface area (Å²) in [6.45, 7) is 1.56. The van der Waals surface area contributed by atoms with Crippen molar-refractivity contribution in [3.05, 3.63) is 56.5 Å². The third-order valence-electron chi connectivity index (χ3n) is 2.44. The number of carbonyl (C=O) groups excluding carboxylic acids is 1. The molecule has 0 aliphatic carbocycles. The lowest BCUT2D eigenvalue weighted by molar-refractivity contribution is 0.101. The molecule has 0 atom stereocenters. The monoisotopic (exact) mass is 374 g/mol. The van der Waals surface area contributed by atoms with Gasteiger partial charge in [-0.05, 0) is 43.3 Å². The number of hydrogen-bond acceptors (Lipinski definition) is 2. The first-order chi connectivity index (χ1) is 8.97. The first-order valence-electron chi connectivity index (χ1n) is 5.41. The van der Waals surface area contributed by atoms with Crippen molar-refractivity contribution in [2.24, 2.45) is 0 Å². The summed E-state index contributed by atoms with van der Waals surface area (Å²) in [5.74, 6) is 0.0371. The van der Waals surface area contributed by atoms with Gasteiger partial charge in [-0.25, -0.2) is 0 Å². The van der Waals surface area contributed by atoms with Crippen LogP contribution in [-0.2, 0) is 0 Å². The Bertz CT molecular complexity index is 643. The fourth-order valence-corrected chi connectivity index (χ4v) is 3.49. The van der Waals surface area contributed by atoms with E-state index in [1.54, 1.807) is 19.1 Å². The highest BCUT2D eigenvalue weighted by Gasteiger charge is 2.10. The largest absolute Gasteiger partial charge is 0.294 e. The van der Waals surface area contributed by atoms with Crippen LogP contribution in [0.15, 0.2) is 50.7 Å². The summed E-state index contributed by atoms with van der Waals surface area (Å²) >= 11 is 16.8. The average Bonchev–Trinajstić information content (AvgIpc) is 2.33. The molecule has 0 unspecified atom stereocenters. The number of hydrogen-bond donors (Lipinski definition) is 0. The first kappa shape index (κ1) is 14.9. The predicted octanol–water partition coefficient (Wildman–Crippen LogP) is 6.11. The van der Waals surface area contributed by atoms with Gasteiger partial charge >= 0.3 is 0 Å². The lowest BCUT2D eigenvalue weighted by atomic mass is 10.1. The number of ketones is 1. The Morgan fingerprint density at radius 1 is 1.11 bits per heavy atom. The van der Waals surface area contributed by atoms with Gasteiger partial charge in [0.15, 0.2) is 5.78 Å². The van der Waals surface area contributed by atoms with Gasteiger partial charge in [0.25, 0.3) is 0 Å². The molecule has 0 saturated heterocycles. The summed E-state index contributed by atoms with van der Waals surface area (Å²) in [5.41, 5.74) is 0.694. The molecule has 98 valence electrons. The van der Waals surface area contributed by atoms with E-state index >= 15 is 0 Å². The molecule has 0 bridgehead atoms. The molecule has 2 rings (SSSR count). The van der Waals surface area contributed by atoms with Gasteiger partial charge in [0.1, 0.15) is 0 Å². The van der Waals surface area contributed by atoms with Crippen LogP contribution in [0.4, 0.5) is 0 Å². The number of Topliss-reactive ketones (excluding diaryl/α,β-unsaturated/α-hetero) is 1. The van der Waals surface area contributed by atoms with E-state index in [0.29, 0.717) is 15.6 Å². The Kier molecular flexibility index (Phi) is 4.96. The summed E-state index contributed by atoms with van der Waals surface area (Å²) in [6.07, 6.45) is 0. The van der Waals surface area contributed by atoms with Crippen molar-refractivity contribution in [2.45, 2.75) is 16.7 Å². The normalized spacial score (nSPS) is 10.5. The van der Waals surface area contributed by atoms with Crippen LogP contribution < -0.4 is 0 Å². The van der Waals surface area contributed by atoms with Gasteiger partial charge in [0, 0.05) is 19.8 Å². The van der Waals surface area contributed by atoms with E-state index in [9.17, 15) is 4.79 Å². The van der Waals surface area contributed by atoms with Crippen molar-refractivity contribution in [3.8, 4) is 0 Å². The highest BCUT2D eigenvalue weighted by atomic mass is 79.9. The number of halogens is 3. The summed E-state index contributed by atoms with van der Waals surface area (Å²) in [5, 5.41) is 1.03. The number of benzene rings is 2.